The smallest absolute Gasteiger partial charge is 0.220 e. The zero-order valence-electron chi connectivity index (χ0n) is 10.6. The predicted octanol–water partition coefficient (Wildman–Crippen LogP) is 1.71. The molecule has 98 valence electrons. The number of fused-ring (bicyclic) bond motifs is 1. The first-order chi connectivity index (χ1) is 8.81. The highest BCUT2D eigenvalue weighted by molar-refractivity contribution is 5.77. The van der Waals surface area contributed by atoms with E-state index in [1.165, 1.54) is 0 Å². The summed E-state index contributed by atoms with van der Waals surface area (Å²) in [4.78, 5) is 11.8. The number of nitrogens with one attached hydrogen (secondary N) is 1. The second-order valence-corrected chi connectivity index (χ2v) is 4.45. The van der Waals surface area contributed by atoms with Crippen LogP contribution >= 0.6 is 0 Å². The molecule has 0 aliphatic carbocycles. The van der Waals surface area contributed by atoms with E-state index in [4.69, 9.17) is 9.47 Å². The maximum atomic E-state index is 11.8. The topological polar surface area (TPSA) is 47.6 Å². The molecule has 1 amide bonds. The van der Waals surface area contributed by atoms with Gasteiger partial charge in [-0.1, -0.05) is 18.2 Å². The van der Waals surface area contributed by atoms with E-state index in [2.05, 4.69) is 5.32 Å². The third-order valence-corrected chi connectivity index (χ3v) is 3.08. The summed E-state index contributed by atoms with van der Waals surface area (Å²) in [6.45, 7) is 1.95. The lowest BCUT2D eigenvalue weighted by Crippen LogP contribution is -2.27. The van der Waals surface area contributed by atoms with E-state index in [0.29, 0.717) is 26.2 Å². The van der Waals surface area contributed by atoms with Gasteiger partial charge in [0.1, 0.15) is 5.75 Å². The number of rotatable bonds is 6. The molecule has 1 N–H and O–H groups in total. The van der Waals surface area contributed by atoms with Gasteiger partial charge in [0.25, 0.3) is 0 Å². The van der Waals surface area contributed by atoms with Crippen LogP contribution in [0.1, 0.15) is 24.3 Å². The summed E-state index contributed by atoms with van der Waals surface area (Å²) in [6, 6.07) is 7.92. The van der Waals surface area contributed by atoms with E-state index < -0.39 is 0 Å². The van der Waals surface area contributed by atoms with E-state index in [0.717, 1.165) is 17.7 Å². The molecule has 1 atom stereocenters. The fourth-order valence-electron chi connectivity index (χ4n) is 2.14. The van der Waals surface area contributed by atoms with Gasteiger partial charge >= 0.3 is 0 Å². The summed E-state index contributed by atoms with van der Waals surface area (Å²) < 4.78 is 10.5. The fourth-order valence-corrected chi connectivity index (χ4v) is 2.14. The molecular formula is C14H19NO3. The molecule has 4 heteroatoms. The highest BCUT2D eigenvalue weighted by atomic mass is 16.5. The summed E-state index contributed by atoms with van der Waals surface area (Å²) in [5.41, 5.74) is 1.14. The van der Waals surface area contributed by atoms with Gasteiger partial charge in [-0.05, 0) is 12.5 Å². The molecule has 18 heavy (non-hydrogen) atoms. The minimum absolute atomic E-state index is 0.0800. The monoisotopic (exact) mass is 249 g/mol. The van der Waals surface area contributed by atoms with Crippen molar-refractivity contribution >= 4 is 5.91 Å². The Morgan fingerprint density at radius 2 is 2.33 bits per heavy atom. The van der Waals surface area contributed by atoms with E-state index >= 15 is 0 Å². The molecule has 1 aliphatic heterocycles. The normalized spacial score (nSPS) is 17.1. The first-order valence-corrected chi connectivity index (χ1v) is 6.28. The number of para-hydroxylation sites is 1. The van der Waals surface area contributed by atoms with Crippen LogP contribution in [0.2, 0.25) is 0 Å². The van der Waals surface area contributed by atoms with Crippen molar-refractivity contribution in [2.75, 3.05) is 26.9 Å². The molecule has 0 saturated carbocycles. The average molecular weight is 249 g/mol. The molecule has 0 saturated heterocycles. The second kappa shape index (κ2) is 6.40. The van der Waals surface area contributed by atoms with E-state index in [1.54, 1.807) is 7.11 Å². The van der Waals surface area contributed by atoms with Crippen LogP contribution < -0.4 is 10.1 Å². The van der Waals surface area contributed by atoms with Crippen LogP contribution in [-0.2, 0) is 9.53 Å². The predicted molar refractivity (Wildman–Crippen MR) is 68.8 cm³/mol. The molecule has 1 aromatic rings. The lowest BCUT2D eigenvalue weighted by molar-refractivity contribution is -0.121. The van der Waals surface area contributed by atoms with Crippen LogP contribution in [0.3, 0.4) is 0 Å². The molecule has 1 heterocycles. The molecule has 0 radical (unpaired) electrons. The van der Waals surface area contributed by atoms with Crippen LogP contribution in [-0.4, -0.2) is 32.8 Å². The minimum Gasteiger partial charge on any atom is -0.493 e. The maximum Gasteiger partial charge on any atom is 0.220 e. The molecule has 0 bridgehead atoms. The van der Waals surface area contributed by atoms with Crippen LogP contribution in [0.25, 0.3) is 0 Å². The Balaban J connectivity index is 1.79. The zero-order chi connectivity index (χ0) is 12.8. The Morgan fingerprint density at radius 1 is 1.50 bits per heavy atom. The number of hydrogen-bond donors (Lipinski definition) is 1. The third-order valence-electron chi connectivity index (χ3n) is 3.08. The van der Waals surface area contributed by atoms with Gasteiger partial charge in [0, 0.05) is 38.2 Å². The molecule has 1 aliphatic rings. The van der Waals surface area contributed by atoms with Crippen molar-refractivity contribution in [2.45, 2.75) is 18.8 Å². The average Bonchev–Trinajstić information content (AvgIpc) is 2.78. The summed E-state index contributed by atoms with van der Waals surface area (Å²) in [7, 11) is 1.66. The quantitative estimate of drug-likeness (QED) is 0.781. The summed E-state index contributed by atoms with van der Waals surface area (Å²) in [6.07, 6.45) is 1.34. The van der Waals surface area contributed by atoms with E-state index in [1.807, 2.05) is 24.3 Å². The second-order valence-electron chi connectivity index (χ2n) is 4.45. The minimum atomic E-state index is 0.0800. The van der Waals surface area contributed by atoms with Gasteiger partial charge in [-0.15, -0.1) is 0 Å². The Hall–Kier alpha value is -1.55. The van der Waals surface area contributed by atoms with Crippen molar-refractivity contribution in [3.63, 3.8) is 0 Å². The number of carbonyl (C=O) groups excluding carboxylic acids is 1. The standard InChI is InChI=1S/C14H19NO3/c1-17-8-4-7-15-14(16)9-11-10-18-13-6-3-2-5-12(11)13/h2-3,5-6,11H,4,7-10H2,1H3,(H,15,16). The van der Waals surface area contributed by atoms with Gasteiger partial charge in [-0.3, -0.25) is 4.79 Å². The van der Waals surface area contributed by atoms with E-state index in [-0.39, 0.29) is 11.8 Å². The number of methoxy groups -OCH3 is 1. The van der Waals surface area contributed by atoms with Gasteiger partial charge < -0.3 is 14.8 Å². The first-order valence-electron chi connectivity index (χ1n) is 6.28. The summed E-state index contributed by atoms with van der Waals surface area (Å²) in [5, 5.41) is 2.90. The largest absolute Gasteiger partial charge is 0.493 e. The first kappa shape index (κ1) is 12.9. The number of carbonyl (C=O) groups is 1. The van der Waals surface area contributed by atoms with Crippen molar-refractivity contribution in [3.8, 4) is 5.75 Å². The summed E-state index contributed by atoms with van der Waals surface area (Å²) in [5.74, 6) is 1.18. The van der Waals surface area contributed by atoms with Crippen molar-refractivity contribution < 1.29 is 14.3 Å². The molecule has 0 spiro atoms. The Kier molecular flexibility index (Phi) is 4.59. The van der Waals surface area contributed by atoms with E-state index in [9.17, 15) is 4.79 Å². The van der Waals surface area contributed by atoms with Crippen LogP contribution in [0.5, 0.6) is 5.75 Å². The number of ether oxygens (including phenoxy) is 2. The number of hydrogen-bond acceptors (Lipinski definition) is 3. The molecular weight excluding hydrogens is 230 g/mol. The SMILES string of the molecule is COCCCNC(=O)CC1COc2ccccc21. The van der Waals surface area contributed by atoms with Crippen molar-refractivity contribution in [1.82, 2.24) is 5.32 Å². The highest BCUT2D eigenvalue weighted by Crippen LogP contribution is 2.35. The third kappa shape index (κ3) is 3.23. The molecule has 4 nitrogen and oxygen atoms in total. The Labute approximate surface area is 107 Å². The Bertz CT molecular complexity index is 406. The summed E-state index contributed by atoms with van der Waals surface area (Å²) >= 11 is 0. The number of benzene rings is 1. The van der Waals surface area contributed by atoms with Crippen molar-refractivity contribution in [2.24, 2.45) is 0 Å². The van der Waals surface area contributed by atoms with Crippen molar-refractivity contribution in [1.29, 1.82) is 0 Å². The zero-order valence-corrected chi connectivity index (χ0v) is 10.6. The molecule has 0 aromatic heterocycles. The highest BCUT2D eigenvalue weighted by Gasteiger charge is 2.25. The van der Waals surface area contributed by atoms with Crippen molar-refractivity contribution in [3.05, 3.63) is 29.8 Å². The Morgan fingerprint density at radius 3 is 3.17 bits per heavy atom. The van der Waals surface area contributed by atoms with Crippen LogP contribution in [0.4, 0.5) is 0 Å². The van der Waals surface area contributed by atoms with Gasteiger partial charge in [-0.2, -0.15) is 0 Å². The molecule has 1 unspecified atom stereocenters. The molecule has 0 fully saturated rings. The lowest BCUT2D eigenvalue weighted by Gasteiger charge is -2.09. The van der Waals surface area contributed by atoms with Gasteiger partial charge in [-0.25, -0.2) is 0 Å². The lowest BCUT2D eigenvalue weighted by atomic mass is 9.97. The van der Waals surface area contributed by atoms with Gasteiger partial charge in [0.05, 0.1) is 6.61 Å². The van der Waals surface area contributed by atoms with Crippen LogP contribution in [0, 0.1) is 0 Å². The number of amides is 1. The maximum absolute atomic E-state index is 11.8. The molecule has 2 rings (SSSR count). The van der Waals surface area contributed by atoms with Gasteiger partial charge in [0.2, 0.25) is 5.91 Å². The van der Waals surface area contributed by atoms with Gasteiger partial charge in [0.15, 0.2) is 0 Å². The molecule has 1 aromatic carbocycles. The fraction of sp³-hybridized carbons (Fsp3) is 0.500. The van der Waals surface area contributed by atoms with Crippen LogP contribution in [0.15, 0.2) is 24.3 Å².